The Morgan fingerprint density at radius 1 is 1.33 bits per heavy atom. The van der Waals surface area contributed by atoms with Crippen molar-refractivity contribution < 1.29 is 18.7 Å². The van der Waals surface area contributed by atoms with Gasteiger partial charge in [-0.1, -0.05) is 19.9 Å². The average molecular weight is 433 g/mol. The Bertz CT molecular complexity index is 883. The smallest absolute Gasteiger partial charge is 0.242 e. The third-order valence-electron chi connectivity index (χ3n) is 5.26. The van der Waals surface area contributed by atoms with Crippen molar-refractivity contribution in [2.45, 2.75) is 39.7 Å². The molecule has 0 saturated carbocycles. The van der Waals surface area contributed by atoms with Gasteiger partial charge in [0.05, 0.1) is 12.6 Å². The number of carbonyl (C=O) groups excluding carboxylic acids is 2. The lowest BCUT2D eigenvalue weighted by Gasteiger charge is -2.37. The summed E-state index contributed by atoms with van der Waals surface area (Å²) >= 11 is 1.68. The van der Waals surface area contributed by atoms with Crippen LogP contribution in [-0.4, -0.2) is 47.9 Å². The topological polar surface area (TPSA) is 49.9 Å². The van der Waals surface area contributed by atoms with Crippen molar-refractivity contribution in [3.8, 4) is 5.75 Å². The number of benzene rings is 1. The summed E-state index contributed by atoms with van der Waals surface area (Å²) in [5.74, 6) is 0.243. The molecule has 1 atom stereocenters. The van der Waals surface area contributed by atoms with Gasteiger partial charge in [-0.05, 0) is 48.4 Å². The summed E-state index contributed by atoms with van der Waals surface area (Å²) < 4.78 is 19.3. The molecular formula is C23H29FN2O3S. The quantitative estimate of drug-likeness (QED) is 0.625. The number of ether oxygens (including phenoxy) is 1. The van der Waals surface area contributed by atoms with Crippen molar-refractivity contribution in [3.05, 3.63) is 52.0 Å². The van der Waals surface area contributed by atoms with E-state index in [1.165, 1.54) is 17.0 Å². The van der Waals surface area contributed by atoms with E-state index in [2.05, 4.69) is 0 Å². The molecule has 3 rings (SSSR count). The molecule has 2 amide bonds. The normalized spacial score (nSPS) is 15.8. The van der Waals surface area contributed by atoms with Crippen molar-refractivity contribution in [2.75, 3.05) is 26.2 Å². The molecule has 0 fully saturated rings. The second-order valence-electron chi connectivity index (χ2n) is 7.93. The first-order chi connectivity index (χ1) is 14.4. The Hall–Kier alpha value is -2.41. The van der Waals surface area contributed by atoms with Crippen LogP contribution in [0.1, 0.15) is 43.7 Å². The minimum Gasteiger partial charge on any atom is -0.491 e. The van der Waals surface area contributed by atoms with Crippen LogP contribution in [0.25, 0.3) is 0 Å². The van der Waals surface area contributed by atoms with Crippen LogP contribution in [0.5, 0.6) is 5.75 Å². The van der Waals surface area contributed by atoms with E-state index in [0.29, 0.717) is 25.3 Å². The van der Waals surface area contributed by atoms with Crippen LogP contribution < -0.4 is 4.74 Å². The average Bonchev–Trinajstić information content (AvgIpc) is 3.18. The molecule has 1 aromatic heterocycles. The Balaban J connectivity index is 1.74. The lowest BCUT2D eigenvalue weighted by atomic mass is 10.0. The van der Waals surface area contributed by atoms with E-state index in [4.69, 9.17) is 4.74 Å². The van der Waals surface area contributed by atoms with E-state index in [0.717, 1.165) is 12.0 Å². The fourth-order valence-electron chi connectivity index (χ4n) is 3.72. The SMILES string of the molecule is CCN(CC(=O)N1CCc2sccc2[C@@H]1COc1cccc(F)c1)C(=O)CC(C)C. The van der Waals surface area contributed by atoms with Crippen LogP contribution >= 0.6 is 11.3 Å². The first-order valence-electron chi connectivity index (χ1n) is 10.4. The third kappa shape index (κ3) is 5.39. The highest BCUT2D eigenvalue weighted by molar-refractivity contribution is 7.10. The second kappa shape index (κ2) is 10.1. The van der Waals surface area contributed by atoms with Crippen molar-refractivity contribution >= 4 is 23.2 Å². The Morgan fingerprint density at radius 3 is 2.83 bits per heavy atom. The fourth-order valence-corrected chi connectivity index (χ4v) is 4.64. The minimum absolute atomic E-state index is 0.00152. The number of carbonyl (C=O) groups is 2. The van der Waals surface area contributed by atoms with Gasteiger partial charge in [0.2, 0.25) is 11.8 Å². The zero-order valence-electron chi connectivity index (χ0n) is 17.8. The van der Waals surface area contributed by atoms with Gasteiger partial charge in [0.15, 0.2) is 0 Å². The molecule has 7 heteroatoms. The standard InChI is InChI=1S/C23H29FN2O3S/c1-4-25(22(27)12-16(2)3)14-23(28)26-10-8-21-19(9-11-30-21)20(26)15-29-18-7-5-6-17(24)13-18/h5-7,9,11,13,16,20H,4,8,10,12,14-15H2,1-3H3/t20-/m0/s1. The summed E-state index contributed by atoms with van der Waals surface area (Å²) in [5, 5.41) is 2.03. The number of likely N-dealkylation sites (N-methyl/N-ethyl adjacent to an activating group) is 1. The number of nitrogens with zero attached hydrogens (tertiary/aromatic N) is 2. The Morgan fingerprint density at radius 2 is 2.13 bits per heavy atom. The number of halogens is 1. The summed E-state index contributed by atoms with van der Waals surface area (Å²) in [6, 6.07) is 7.79. The molecule has 162 valence electrons. The predicted molar refractivity (Wildman–Crippen MR) is 116 cm³/mol. The molecule has 1 aromatic carbocycles. The van der Waals surface area contributed by atoms with Gasteiger partial charge in [-0.15, -0.1) is 11.3 Å². The summed E-state index contributed by atoms with van der Waals surface area (Å²) in [7, 11) is 0. The number of rotatable bonds is 8. The molecule has 0 aliphatic carbocycles. The van der Waals surface area contributed by atoms with E-state index in [-0.39, 0.29) is 42.7 Å². The van der Waals surface area contributed by atoms with Crippen molar-refractivity contribution in [2.24, 2.45) is 5.92 Å². The predicted octanol–water partition coefficient (Wildman–Crippen LogP) is 4.29. The Labute approximate surface area is 181 Å². The number of hydrogen-bond acceptors (Lipinski definition) is 4. The molecule has 0 radical (unpaired) electrons. The first kappa shape index (κ1) is 22.3. The van der Waals surface area contributed by atoms with E-state index in [9.17, 15) is 14.0 Å². The molecule has 1 aliphatic heterocycles. The van der Waals surface area contributed by atoms with Crippen molar-refractivity contribution in [3.63, 3.8) is 0 Å². The highest BCUT2D eigenvalue weighted by atomic mass is 32.1. The molecular weight excluding hydrogens is 403 g/mol. The molecule has 0 N–H and O–H groups in total. The van der Waals surface area contributed by atoms with Gasteiger partial charge in [0, 0.05) is 30.5 Å². The van der Waals surface area contributed by atoms with E-state index >= 15 is 0 Å². The second-order valence-corrected chi connectivity index (χ2v) is 8.93. The molecule has 5 nitrogen and oxygen atoms in total. The molecule has 0 spiro atoms. The number of fused-ring (bicyclic) bond motifs is 1. The summed E-state index contributed by atoms with van der Waals surface area (Å²) in [6.07, 6.45) is 1.23. The zero-order valence-corrected chi connectivity index (χ0v) is 18.6. The van der Waals surface area contributed by atoms with Crippen LogP contribution in [0.4, 0.5) is 4.39 Å². The van der Waals surface area contributed by atoms with E-state index < -0.39 is 0 Å². The number of hydrogen-bond donors (Lipinski definition) is 0. The highest BCUT2D eigenvalue weighted by Gasteiger charge is 2.33. The van der Waals surface area contributed by atoms with Crippen LogP contribution in [-0.2, 0) is 16.0 Å². The third-order valence-corrected chi connectivity index (χ3v) is 6.26. The summed E-state index contributed by atoms with van der Waals surface area (Å²) in [4.78, 5) is 30.3. The molecule has 2 heterocycles. The maximum atomic E-state index is 13.5. The van der Waals surface area contributed by atoms with Gasteiger partial charge < -0.3 is 14.5 Å². The summed E-state index contributed by atoms with van der Waals surface area (Å²) in [5.41, 5.74) is 1.08. The number of amides is 2. The molecule has 1 aliphatic rings. The van der Waals surface area contributed by atoms with Crippen LogP contribution in [0, 0.1) is 11.7 Å². The van der Waals surface area contributed by atoms with Gasteiger partial charge >= 0.3 is 0 Å². The van der Waals surface area contributed by atoms with Gasteiger partial charge in [-0.2, -0.15) is 0 Å². The van der Waals surface area contributed by atoms with E-state index in [1.54, 1.807) is 33.3 Å². The largest absolute Gasteiger partial charge is 0.491 e. The lowest BCUT2D eigenvalue weighted by Crippen LogP contribution is -2.47. The van der Waals surface area contributed by atoms with Crippen LogP contribution in [0.2, 0.25) is 0 Å². The minimum atomic E-state index is -0.359. The van der Waals surface area contributed by atoms with Crippen LogP contribution in [0.15, 0.2) is 35.7 Å². The van der Waals surface area contributed by atoms with E-state index in [1.807, 2.05) is 32.2 Å². The van der Waals surface area contributed by atoms with Gasteiger partial charge in [-0.25, -0.2) is 4.39 Å². The lowest BCUT2D eigenvalue weighted by molar-refractivity contribution is -0.143. The van der Waals surface area contributed by atoms with Gasteiger partial charge in [0.25, 0.3) is 0 Å². The van der Waals surface area contributed by atoms with Gasteiger partial charge in [-0.3, -0.25) is 9.59 Å². The number of thiophene rings is 1. The summed E-state index contributed by atoms with van der Waals surface area (Å²) in [6.45, 7) is 7.27. The first-order valence-corrected chi connectivity index (χ1v) is 11.3. The Kier molecular flexibility index (Phi) is 7.48. The maximum absolute atomic E-state index is 13.5. The highest BCUT2D eigenvalue weighted by Crippen LogP contribution is 2.34. The maximum Gasteiger partial charge on any atom is 0.242 e. The monoisotopic (exact) mass is 432 g/mol. The van der Waals surface area contributed by atoms with Crippen molar-refractivity contribution in [1.29, 1.82) is 0 Å². The molecule has 0 bridgehead atoms. The van der Waals surface area contributed by atoms with Crippen molar-refractivity contribution in [1.82, 2.24) is 9.80 Å². The van der Waals surface area contributed by atoms with Crippen LogP contribution in [0.3, 0.4) is 0 Å². The molecule has 2 aromatic rings. The zero-order chi connectivity index (χ0) is 21.7. The van der Waals surface area contributed by atoms with Gasteiger partial charge in [0.1, 0.15) is 18.2 Å². The molecule has 0 unspecified atom stereocenters. The fraction of sp³-hybridized carbons (Fsp3) is 0.478. The molecule has 0 saturated heterocycles. The molecule has 30 heavy (non-hydrogen) atoms.